The first-order valence-electron chi connectivity index (χ1n) is 28.1. The Kier molecular flexibility index (Phi) is 18.5. The van der Waals surface area contributed by atoms with Crippen molar-refractivity contribution in [3.8, 4) is 0 Å². The molecule has 8 bridgehead atoms. The van der Waals surface area contributed by atoms with Crippen LogP contribution in [0.4, 0.5) is 23.3 Å². The number of hydrogen-bond acceptors (Lipinski definition) is 17. The van der Waals surface area contributed by atoms with Gasteiger partial charge < -0.3 is 30.3 Å². The Morgan fingerprint density at radius 3 is 1.46 bits per heavy atom. The van der Waals surface area contributed by atoms with Gasteiger partial charge in [0.25, 0.3) is 31.9 Å². The summed E-state index contributed by atoms with van der Waals surface area (Å²) in [6, 6.07) is 16.1. The second kappa shape index (κ2) is 24.2. The number of nitrogens with zero attached hydrogens (tertiary/aromatic N) is 6. The minimum atomic E-state index is -4.28. The molecule has 81 heavy (non-hydrogen) atoms. The quantitative estimate of drug-likeness (QED) is 0.0656. The van der Waals surface area contributed by atoms with Crippen molar-refractivity contribution >= 4 is 61.1 Å². The highest BCUT2D eigenvalue weighted by Crippen LogP contribution is 2.42. The molecular weight excluding hydrogens is 1070 g/mol. The third-order valence-corrected chi connectivity index (χ3v) is 17.6. The Bertz CT molecular complexity index is 3250. The first-order valence-corrected chi connectivity index (χ1v) is 31.0. The normalized spacial score (nSPS) is 22.6. The Morgan fingerprint density at radius 2 is 1.06 bits per heavy atom. The van der Waals surface area contributed by atoms with Crippen LogP contribution in [0, 0.1) is 11.8 Å². The summed E-state index contributed by atoms with van der Waals surface area (Å²) in [6.07, 6.45) is 13.2. The number of carbonyl (C=O) groups is 3. The minimum Gasteiger partial charge on any atom is -0.463 e. The van der Waals surface area contributed by atoms with E-state index in [1.807, 2.05) is 6.08 Å². The summed E-state index contributed by atoms with van der Waals surface area (Å²) < 4.78 is 62.7. The van der Waals surface area contributed by atoms with Crippen LogP contribution in [-0.2, 0) is 40.4 Å². The lowest BCUT2D eigenvalue weighted by molar-refractivity contribution is -0.137. The summed E-state index contributed by atoms with van der Waals surface area (Å²) in [7, 11) is -8.53. The topological polar surface area (TPSA) is 255 Å². The van der Waals surface area contributed by atoms with E-state index in [0.29, 0.717) is 67.6 Å². The van der Waals surface area contributed by atoms with Crippen LogP contribution in [-0.4, -0.2) is 108 Å². The maximum atomic E-state index is 13.5. The number of aliphatic hydroxyl groups is 1. The SMILES string of the molecule is CC(C)(O)/C=C/CC1CC[C@@H]2CN(c3nc(C(C)(C)C)ccc3C(=O)NS(=O)(=O)c3cccc(n3)N1)C(C)(C)C2.CCOC(=O)/C=C/CC1CC[C@@H]2CN(c3nc(C(C)(C)C)ccc3C(=O)NS(=O)(=O)c3cccc(n3)N1)C(C)(C)C2. The number of amides is 2. The Labute approximate surface area is 479 Å². The Balaban J connectivity index is 0.000000234. The summed E-state index contributed by atoms with van der Waals surface area (Å²) in [6.45, 7) is 27.8. The van der Waals surface area contributed by atoms with Gasteiger partial charge in [-0.1, -0.05) is 71.9 Å². The molecule has 4 atom stereocenters. The molecule has 0 aliphatic carbocycles. The molecule has 2 saturated heterocycles. The van der Waals surface area contributed by atoms with Gasteiger partial charge in [0.2, 0.25) is 0 Å². The molecule has 21 heteroatoms. The zero-order valence-electron chi connectivity index (χ0n) is 49.4. The molecule has 0 aromatic carbocycles. The molecule has 2 amide bonds. The van der Waals surface area contributed by atoms with Gasteiger partial charge in [-0.2, -0.15) is 16.8 Å². The van der Waals surface area contributed by atoms with Crippen molar-refractivity contribution < 1.29 is 41.1 Å². The van der Waals surface area contributed by atoms with Gasteiger partial charge in [0.1, 0.15) is 23.3 Å². The smallest absolute Gasteiger partial charge is 0.330 e. The molecular formula is C60H84N10O9S2. The Hall–Kier alpha value is -6.45. The van der Waals surface area contributed by atoms with Crippen LogP contribution in [0.5, 0.6) is 0 Å². The zero-order chi connectivity index (χ0) is 59.5. The lowest BCUT2D eigenvalue weighted by Gasteiger charge is -2.34. The molecule has 4 aliphatic rings. The number of hydrogen-bond donors (Lipinski definition) is 5. The monoisotopic (exact) mass is 1150 g/mol. The van der Waals surface area contributed by atoms with Gasteiger partial charge in [0.05, 0.1) is 23.3 Å². The number of fused-ring (bicyclic) bond motifs is 12. The van der Waals surface area contributed by atoms with Gasteiger partial charge in [-0.15, -0.1) is 0 Å². The molecule has 2 fully saturated rings. The van der Waals surface area contributed by atoms with Gasteiger partial charge in [-0.05, 0) is 160 Å². The molecule has 0 spiro atoms. The van der Waals surface area contributed by atoms with Gasteiger partial charge in [0, 0.05) is 64.5 Å². The van der Waals surface area contributed by atoms with E-state index < -0.39 is 43.4 Å². The van der Waals surface area contributed by atoms with Crippen LogP contribution in [0.3, 0.4) is 0 Å². The van der Waals surface area contributed by atoms with E-state index in [-0.39, 0.29) is 55.2 Å². The molecule has 8 rings (SSSR count). The number of nitrogens with one attached hydrogen (secondary N) is 4. The maximum absolute atomic E-state index is 13.5. The van der Waals surface area contributed by atoms with Gasteiger partial charge in [-0.3, -0.25) is 9.59 Å². The van der Waals surface area contributed by atoms with E-state index in [2.05, 4.69) is 109 Å². The molecule has 0 saturated carbocycles. The molecule has 4 aromatic rings. The van der Waals surface area contributed by atoms with Crippen molar-refractivity contribution in [1.29, 1.82) is 0 Å². The van der Waals surface area contributed by atoms with Gasteiger partial charge in [-0.25, -0.2) is 34.2 Å². The predicted octanol–water partition coefficient (Wildman–Crippen LogP) is 9.37. The number of ether oxygens (including phenoxy) is 1. The van der Waals surface area contributed by atoms with Gasteiger partial charge in [0.15, 0.2) is 10.1 Å². The number of anilines is 4. The van der Waals surface area contributed by atoms with Crippen molar-refractivity contribution in [2.24, 2.45) is 11.8 Å². The molecule has 4 aliphatic heterocycles. The molecule has 5 N–H and O–H groups in total. The lowest BCUT2D eigenvalue weighted by atomic mass is 9.90. The molecule has 440 valence electrons. The fourth-order valence-corrected chi connectivity index (χ4v) is 12.9. The van der Waals surface area contributed by atoms with Crippen LogP contribution >= 0.6 is 0 Å². The van der Waals surface area contributed by atoms with Crippen LogP contribution in [0.2, 0.25) is 0 Å². The zero-order valence-corrected chi connectivity index (χ0v) is 51.0. The second-order valence-corrected chi connectivity index (χ2v) is 29.0. The van der Waals surface area contributed by atoms with Crippen LogP contribution in [0.25, 0.3) is 0 Å². The van der Waals surface area contributed by atoms with Crippen LogP contribution in [0.15, 0.2) is 95.0 Å². The largest absolute Gasteiger partial charge is 0.463 e. The van der Waals surface area contributed by atoms with E-state index in [1.165, 1.54) is 18.2 Å². The fraction of sp³-hybridized carbons (Fsp3) is 0.550. The summed E-state index contributed by atoms with van der Waals surface area (Å²) in [4.78, 5) is 61.8. The highest BCUT2D eigenvalue weighted by atomic mass is 32.2. The number of rotatable bonds is 7. The first-order chi connectivity index (χ1) is 37.6. The number of esters is 1. The van der Waals surface area contributed by atoms with Gasteiger partial charge >= 0.3 is 5.97 Å². The van der Waals surface area contributed by atoms with Crippen molar-refractivity contribution in [1.82, 2.24) is 29.4 Å². The fourth-order valence-electron chi connectivity index (χ4n) is 11.0. The molecule has 0 radical (unpaired) electrons. The van der Waals surface area contributed by atoms with Crippen LogP contribution < -0.4 is 29.9 Å². The number of sulfonamides is 2. The average Bonchev–Trinajstić information content (AvgIpc) is 4.14. The molecule has 8 heterocycles. The number of aromatic nitrogens is 4. The van der Waals surface area contributed by atoms with Crippen molar-refractivity contribution in [2.75, 3.05) is 40.1 Å². The highest BCUT2D eigenvalue weighted by molar-refractivity contribution is 7.90. The van der Waals surface area contributed by atoms with E-state index in [9.17, 15) is 36.3 Å². The molecule has 4 aromatic heterocycles. The number of carbonyl (C=O) groups excluding carboxylic acids is 3. The lowest BCUT2D eigenvalue weighted by Crippen LogP contribution is -2.41. The van der Waals surface area contributed by atoms with Crippen molar-refractivity contribution in [2.45, 2.75) is 191 Å². The van der Waals surface area contributed by atoms with Crippen LogP contribution in [0.1, 0.15) is 173 Å². The molecule has 2 unspecified atom stereocenters. The van der Waals surface area contributed by atoms with E-state index in [0.717, 1.165) is 49.9 Å². The standard InChI is InChI=1S/C30H41N5O5S.C30H43N5O4S/c1-7-40-26(36)13-8-10-21-15-14-20-18-30(5,6)35(19-20)27-22(16-17-23(32-27)29(2,3)4)28(37)34-41(38,39)25-12-9-11-24(31-21)33-25;1-28(2,3)23-16-15-22-26(32-23)35-19-20(18-29(35,4)5)13-14-21(10-9-17-30(6,7)37)31-24-11-8-12-25(33-24)40(38,39)34-27(22)36/h8-9,11-13,16-17,20-21H,7,10,14-15,18-19H2,1-6H3,(H,31,33)(H,34,37);8-9,11-12,15-17,20-21,37H,10,13-14,18-19H2,1-7H3,(H,31,33)(H,34,36)/b13-8+;17-9+/t2*20-,21?/m00/s1. The highest BCUT2D eigenvalue weighted by Gasteiger charge is 2.43. The van der Waals surface area contributed by atoms with Crippen molar-refractivity contribution in [3.63, 3.8) is 0 Å². The Morgan fingerprint density at radius 1 is 0.642 bits per heavy atom. The minimum absolute atomic E-state index is 0.0289. The second-order valence-electron chi connectivity index (χ2n) is 25.7. The number of pyridine rings is 4. The predicted molar refractivity (Wildman–Crippen MR) is 316 cm³/mol. The maximum Gasteiger partial charge on any atom is 0.330 e. The summed E-state index contributed by atoms with van der Waals surface area (Å²) >= 11 is 0. The third kappa shape index (κ3) is 16.0. The summed E-state index contributed by atoms with van der Waals surface area (Å²) in [5, 5.41) is 16.4. The molecule has 19 nitrogen and oxygen atoms in total. The summed E-state index contributed by atoms with van der Waals surface area (Å²) in [5.74, 6) is 0.561. The average molecular weight is 1150 g/mol. The first kappa shape index (κ1) is 62.2. The van der Waals surface area contributed by atoms with Crippen molar-refractivity contribution in [3.05, 3.63) is 107 Å². The summed E-state index contributed by atoms with van der Waals surface area (Å²) in [5.41, 5.74) is 0.0486. The van der Waals surface area contributed by atoms with E-state index in [4.69, 9.17) is 14.7 Å². The van der Waals surface area contributed by atoms with E-state index >= 15 is 0 Å². The third-order valence-electron chi connectivity index (χ3n) is 15.1. The van der Waals surface area contributed by atoms with E-state index in [1.54, 1.807) is 81.5 Å².